The zero-order valence-corrected chi connectivity index (χ0v) is 12.6. The Labute approximate surface area is 121 Å². The average molecular weight is 315 g/mol. The Bertz CT molecular complexity index is 785. The third kappa shape index (κ3) is 2.90. The zero-order chi connectivity index (χ0) is 15.8. The van der Waals surface area contributed by atoms with E-state index in [1.807, 2.05) is 6.92 Å². The van der Waals surface area contributed by atoms with Crippen molar-refractivity contribution in [3.05, 3.63) is 41.2 Å². The molecular weight excluding hydrogens is 300 g/mol. The number of hydrogen-bond donors (Lipinski definition) is 1. The molecule has 1 heterocycles. The summed E-state index contributed by atoms with van der Waals surface area (Å²) in [5, 5.41) is 4.11. The smallest absolute Gasteiger partial charge is 0.265 e. The fourth-order valence-corrected chi connectivity index (χ4v) is 3.62. The Morgan fingerprint density at radius 3 is 2.52 bits per heavy atom. The van der Waals surface area contributed by atoms with Gasteiger partial charge in [0.25, 0.3) is 10.0 Å². The van der Waals surface area contributed by atoms with Gasteiger partial charge >= 0.3 is 0 Å². The van der Waals surface area contributed by atoms with Crippen LogP contribution < -0.4 is 4.72 Å². The van der Waals surface area contributed by atoms with Gasteiger partial charge < -0.3 is 0 Å². The molecule has 21 heavy (non-hydrogen) atoms. The Morgan fingerprint density at radius 2 is 1.95 bits per heavy atom. The lowest BCUT2D eigenvalue weighted by atomic mass is 10.3. The van der Waals surface area contributed by atoms with Crippen LogP contribution in [0.4, 0.5) is 14.5 Å². The van der Waals surface area contributed by atoms with Crippen LogP contribution in [0.3, 0.4) is 0 Å². The number of halogens is 2. The molecule has 1 N–H and O–H groups in total. The number of nitrogens with one attached hydrogen (secondary N) is 1. The van der Waals surface area contributed by atoms with E-state index in [1.165, 1.54) is 4.68 Å². The molecule has 0 amide bonds. The van der Waals surface area contributed by atoms with Crippen molar-refractivity contribution in [1.29, 1.82) is 0 Å². The van der Waals surface area contributed by atoms with Crippen molar-refractivity contribution in [1.82, 2.24) is 9.78 Å². The predicted octanol–water partition coefficient (Wildman–Crippen LogP) is 2.60. The molecule has 2 rings (SSSR count). The second-order valence-corrected chi connectivity index (χ2v) is 6.16. The topological polar surface area (TPSA) is 64.0 Å². The third-order valence-corrected chi connectivity index (χ3v) is 4.67. The van der Waals surface area contributed by atoms with E-state index in [2.05, 4.69) is 9.82 Å². The van der Waals surface area contributed by atoms with Crippen molar-refractivity contribution in [3.63, 3.8) is 0 Å². The number of aryl methyl sites for hydroxylation is 2. The van der Waals surface area contributed by atoms with Crippen LogP contribution in [0.15, 0.2) is 23.1 Å². The summed E-state index contributed by atoms with van der Waals surface area (Å²) >= 11 is 0. The Hall–Kier alpha value is -1.96. The van der Waals surface area contributed by atoms with Crippen molar-refractivity contribution in [2.24, 2.45) is 0 Å². The first kappa shape index (κ1) is 15.4. The zero-order valence-electron chi connectivity index (χ0n) is 11.8. The van der Waals surface area contributed by atoms with Gasteiger partial charge in [-0.1, -0.05) is 0 Å². The first-order valence-electron chi connectivity index (χ1n) is 6.28. The molecule has 0 aliphatic carbocycles. The fraction of sp³-hybridized carbons (Fsp3) is 0.308. The highest BCUT2D eigenvalue weighted by Crippen LogP contribution is 2.24. The molecule has 0 radical (unpaired) electrons. The maximum atomic E-state index is 13.6. The van der Waals surface area contributed by atoms with Crippen molar-refractivity contribution in [2.45, 2.75) is 32.2 Å². The normalized spacial score (nSPS) is 11.7. The maximum absolute atomic E-state index is 13.6. The number of rotatable bonds is 4. The minimum Gasteiger partial charge on any atom is -0.276 e. The molecule has 1 aromatic carbocycles. The minimum absolute atomic E-state index is 0.0204. The van der Waals surface area contributed by atoms with Crippen molar-refractivity contribution in [3.8, 4) is 0 Å². The summed E-state index contributed by atoms with van der Waals surface area (Å²) in [6, 6.07) is 2.57. The van der Waals surface area contributed by atoms with Crippen LogP contribution in [0, 0.1) is 25.5 Å². The highest BCUT2D eigenvalue weighted by Gasteiger charge is 2.25. The molecule has 0 fully saturated rings. The summed E-state index contributed by atoms with van der Waals surface area (Å²) in [6.45, 7) is 5.50. The summed E-state index contributed by atoms with van der Waals surface area (Å²) in [6.07, 6.45) is 0. The molecule has 0 saturated carbocycles. The highest BCUT2D eigenvalue weighted by atomic mass is 32.2. The number of aromatic nitrogens is 2. The molecule has 0 spiro atoms. The van der Waals surface area contributed by atoms with Gasteiger partial charge in [-0.2, -0.15) is 5.10 Å². The van der Waals surface area contributed by atoms with Crippen LogP contribution in [0.2, 0.25) is 0 Å². The number of anilines is 1. The van der Waals surface area contributed by atoms with Crippen molar-refractivity contribution < 1.29 is 17.2 Å². The van der Waals surface area contributed by atoms with Gasteiger partial charge in [-0.25, -0.2) is 17.2 Å². The SMILES string of the molecule is CCn1nc(C)c(S(=O)(=O)Nc2cc(F)ccc2F)c1C. The van der Waals surface area contributed by atoms with Crippen molar-refractivity contribution >= 4 is 15.7 Å². The lowest BCUT2D eigenvalue weighted by Gasteiger charge is -2.09. The van der Waals surface area contributed by atoms with Gasteiger partial charge in [-0.05, 0) is 32.9 Å². The predicted molar refractivity (Wildman–Crippen MR) is 74.5 cm³/mol. The van der Waals surface area contributed by atoms with Gasteiger partial charge in [-0.3, -0.25) is 9.40 Å². The second-order valence-electron chi connectivity index (χ2n) is 4.55. The lowest BCUT2D eigenvalue weighted by Crippen LogP contribution is -2.16. The average Bonchev–Trinajstić information content (AvgIpc) is 2.68. The molecule has 0 aliphatic rings. The fourth-order valence-electron chi connectivity index (χ4n) is 2.15. The van der Waals surface area contributed by atoms with Gasteiger partial charge in [0.2, 0.25) is 0 Å². The van der Waals surface area contributed by atoms with Crippen LogP contribution in [0.5, 0.6) is 0 Å². The molecule has 0 atom stereocenters. The molecule has 0 bridgehead atoms. The summed E-state index contributed by atoms with van der Waals surface area (Å²) in [7, 11) is -4.04. The van der Waals surface area contributed by atoms with Crippen LogP contribution in [0.1, 0.15) is 18.3 Å². The first-order valence-corrected chi connectivity index (χ1v) is 7.76. The van der Waals surface area contributed by atoms with Gasteiger partial charge in [0.15, 0.2) is 0 Å². The van der Waals surface area contributed by atoms with E-state index in [1.54, 1.807) is 13.8 Å². The standard InChI is InChI=1S/C13H15F2N3O2S/c1-4-18-9(3)13(8(2)16-18)21(19,20)17-12-7-10(14)5-6-11(12)15/h5-7,17H,4H2,1-3H3. The highest BCUT2D eigenvalue weighted by molar-refractivity contribution is 7.92. The number of nitrogens with zero attached hydrogens (tertiary/aromatic N) is 2. The number of sulfonamides is 1. The van der Waals surface area contributed by atoms with Crippen molar-refractivity contribution in [2.75, 3.05) is 4.72 Å². The van der Waals surface area contributed by atoms with Crippen LogP contribution >= 0.6 is 0 Å². The molecule has 1 aromatic heterocycles. The maximum Gasteiger partial charge on any atom is 0.265 e. The molecule has 8 heteroatoms. The van der Waals surface area contributed by atoms with E-state index in [0.29, 0.717) is 17.9 Å². The molecule has 0 unspecified atom stereocenters. The first-order chi connectivity index (χ1) is 9.76. The van der Waals surface area contributed by atoms with Crippen LogP contribution in [-0.2, 0) is 16.6 Å². The van der Waals surface area contributed by atoms with Gasteiger partial charge in [0, 0.05) is 12.6 Å². The quantitative estimate of drug-likeness (QED) is 0.943. The third-order valence-electron chi connectivity index (χ3n) is 3.06. The molecule has 114 valence electrons. The molecule has 0 saturated heterocycles. The summed E-state index contributed by atoms with van der Waals surface area (Å²) < 4.78 is 55.1. The lowest BCUT2D eigenvalue weighted by molar-refractivity contribution is 0.592. The Morgan fingerprint density at radius 1 is 1.29 bits per heavy atom. The van der Waals surface area contributed by atoms with Gasteiger partial charge in [0.05, 0.1) is 17.1 Å². The number of hydrogen-bond acceptors (Lipinski definition) is 3. The molecule has 0 aliphatic heterocycles. The monoisotopic (exact) mass is 315 g/mol. The Kier molecular flexibility index (Phi) is 3.99. The van der Waals surface area contributed by atoms with E-state index in [0.717, 1.165) is 18.2 Å². The van der Waals surface area contributed by atoms with E-state index in [4.69, 9.17) is 0 Å². The van der Waals surface area contributed by atoms with Gasteiger partial charge in [0.1, 0.15) is 16.5 Å². The second kappa shape index (κ2) is 5.44. The van der Waals surface area contributed by atoms with E-state index >= 15 is 0 Å². The van der Waals surface area contributed by atoms with Crippen LogP contribution in [0.25, 0.3) is 0 Å². The summed E-state index contributed by atoms with van der Waals surface area (Å²) in [5.74, 6) is -1.58. The molecule has 2 aromatic rings. The molecular formula is C13H15F2N3O2S. The van der Waals surface area contributed by atoms with E-state index < -0.39 is 27.3 Å². The van der Waals surface area contributed by atoms with Crippen LogP contribution in [-0.4, -0.2) is 18.2 Å². The summed E-state index contributed by atoms with van der Waals surface area (Å²) in [5.41, 5.74) is 0.316. The Balaban J connectivity index is 2.48. The van der Waals surface area contributed by atoms with E-state index in [9.17, 15) is 17.2 Å². The molecule has 5 nitrogen and oxygen atoms in total. The van der Waals surface area contributed by atoms with Gasteiger partial charge in [-0.15, -0.1) is 0 Å². The van der Waals surface area contributed by atoms with E-state index in [-0.39, 0.29) is 4.90 Å². The summed E-state index contributed by atoms with van der Waals surface area (Å²) in [4.78, 5) is -0.0204. The minimum atomic E-state index is -4.04. The largest absolute Gasteiger partial charge is 0.276 e. The number of benzene rings is 1.